The number of halogens is 1. The number of hydrogen-bond donors (Lipinski definition) is 1. The van der Waals surface area contributed by atoms with Gasteiger partial charge in [-0.05, 0) is 0 Å². The van der Waals surface area contributed by atoms with Crippen LogP contribution in [0.5, 0.6) is 5.75 Å². The van der Waals surface area contributed by atoms with E-state index in [9.17, 15) is 22.9 Å². The average Bonchev–Trinajstić information content (AvgIpc) is 2.00. The summed E-state index contributed by atoms with van der Waals surface area (Å²) in [7, 11) is -3.83. The molecule has 8 heteroatoms. The highest BCUT2D eigenvalue weighted by Crippen LogP contribution is 2.29. The quantitative estimate of drug-likeness (QED) is 0.465. The Balaban J connectivity index is 3.58. The van der Waals surface area contributed by atoms with E-state index in [0.717, 1.165) is 6.26 Å². The number of nitro benzene ring substituents is 1. The Morgan fingerprint density at radius 2 is 2.00 bits per heavy atom. The van der Waals surface area contributed by atoms with Gasteiger partial charge in [-0.15, -0.1) is 0 Å². The van der Waals surface area contributed by atoms with Crippen molar-refractivity contribution in [3.63, 3.8) is 0 Å². The number of phenolic OH excluding ortho intramolecular Hbond substituents is 1. The van der Waals surface area contributed by atoms with Crippen LogP contribution < -0.4 is 0 Å². The van der Waals surface area contributed by atoms with Crippen molar-refractivity contribution in [2.24, 2.45) is 0 Å². The largest absolute Gasteiger partial charge is 0.506 e. The van der Waals surface area contributed by atoms with Gasteiger partial charge in [0.2, 0.25) is 5.82 Å². The molecular weight excluding hydrogens is 229 g/mol. The number of hydrogen-bond acceptors (Lipinski definition) is 5. The predicted molar refractivity (Wildman–Crippen MR) is 47.8 cm³/mol. The zero-order chi connectivity index (χ0) is 11.8. The molecule has 0 atom stereocenters. The average molecular weight is 235 g/mol. The second-order valence-corrected chi connectivity index (χ2v) is 4.78. The molecule has 0 saturated heterocycles. The highest BCUT2D eigenvalue weighted by Gasteiger charge is 2.22. The molecule has 15 heavy (non-hydrogen) atoms. The number of aromatic hydroxyl groups is 1. The van der Waals surface area contributed by atoms with Crippen LogP contribution in [0.1, 0.15) is 0 Å². The van der Waals surface area contributed by atoms with E-state index in [2.05, 4.69) is 0 Å². The molecule has 0 unspecified atom stereocenters. The molecular formula is C7H6FNO5S. The fourth-order valence-corrected chi connectivity index (χ4v) is 1.73. The van der Waals surface area contributed by atoms with E-state index in [0.29, 0.717) is 12.1 Å². The summed E-state index contributed by atoms with van der Waals surface area (Å²) in [5, 5.41) is 19.4. The van der Waals surface area contributed by atoms with Crippen LogP contribution in [-0.4, -0.2) is 24.7 Å². The van der Waals surface area contributed by atoms with Gasteiger partial charge in [0.25, 0.3) is 0 Å². The first-order chi connectivity index (χ1) is 6.73. The third kappa shape index (κ3) is 2.21. The summed E-state index contributed by atoms with van der Waals surface area (Å²) in [6, 6.07) is 0.883. The number of sulfone groups is 1. The lowest BCUT2D eigenvalue weighted by Crippen LogP contribution is -2.01. The van der Waals surface area contributed by atoms with E-state index in [1.807, 2.05) is 0 Å². The normalized spacial score (nSPS) is 11.3. The lowest BCUT2D eigenvalue weighted by atomic mass is 10.3. The van der Waals surface area contributed by atoms with Crippen molar-refractivity contribution in [3.05, 3.63) is 28.1 Å². The van der Waals surface area contributed by atoms with Gasteiger partial charge < -0.3 is 5.11 Å². The van der Waals surface area contributed by atoms with Crippen molar-refractivity contribution in [1.82, 2.24) is 0 Å². The maximum Gasteiger partial charge on any atom is 0.306 e. The molecule has 0 bridgehead atoms. The Morgan fingerprint density at radius 3 is 2.40 bits per heavy atom. The number of phenols is 1. The molecule has 0 aromatic heterocycles. The van der Waals surface area contributed by atoms with Crippen LogP contribution in [0.2, 0.25) is 0 Å². The third-order valence-corrected chi connectivity index (χ3v) is 2.75. The topological polar surface area (TPSA) is 97.5 Å². The summed E-state index contributed by atoms with van der Waals surface area (Å²) in [5.41, 5.74) is -0.992. The maximum absolute atomic E-state index is 12.9. The molecule has 0 fully saturated rings. The van der Waals surface area contributed by atoms with E-state index >= 15 is 0 Å². The molecule has 0 saturated carbocycles. The van der Waals surface area contributed by atoms with E-state index in [1.54, 1.807) is 0 Å². The number of nitro groups is 1. The van der Waals surface area contributed by atoms with E-state index in [-0.39, 0.29) is 0 Å². The minimum atomic E-state index is -3.83. The molecule has 0 aliphatic heterocycles. The Labute approximate surface area is 84.0 Å². The van der Waals surface area contributed by atoms with Gasteiger partial charge in [-0.1, -0.05) is 0 Å². The van der Waals surface area contributed by atoms with Gasteiger partial charge in [0.05, 0.1) is 4.92 Å². The van der Waals surface area contributed by atoms with Crippen LogP contribution in [0.4, 0.5) is 10.1 Å². The van der Waals surface area contributed by atoms with Crippen LogP contribution in [0.3, 0.4) is 0 Å². The molecule has 0 spiro atoms. The van der Waals surface area contributed by atoms with Gasteiger partial charge in [-0.2, -0.15) is 4.39 Å². The van der Waals surface area contributed by atoms with Crippen molar-refractivity contribution >= 4 is 15.5 Å². The van der Waals surface area contributed by atoms with Crippen molar-refractivity contribution in [3.8, 4) is 5.75 Å². The van der Waals surface area contributed by atoms with Crippen molar-refractivity contribution in [1.29, 1.82) is 0 Å². The Hall–Kier alpha value is -1.70. The molecule has 1 aromatic carbocycles. The van der Waals surface area contributed by atoms with Crippen molar-refractivity contribution in [2.75, 3.05) is 6.26 Å². The first kappa shape index (κ1) is 11.4. The molecule has 1 rings (SSSR count). The van der Waals surface area contributed by atoms with Crippen molar-refractivity contribution in [2.45, 2.75) is 4.90 Å². The molecule has 0 radical (unpaired) electrons. The first-order valence-corrected chi connectivity index (χ1v) is 5.49. The molecule has 0 heterocycles. The highest BCUT2D eigenvalue weighted by molar-refractivity contribution is 7.90. The van der Waals surface area contributed by atoms with Gasteiger partial charge in [-0.3, -0.25) is 10.1 Å². The van der Waals surface area contributed by atoms with Gasteiger partial charge >= 0.3 is 5.69 Å². The van der Waals surface area contributed by atoms with Gasteiger partial charge in [-0.25, -0.2) is 8.42 Å². The van der Waals surface area contributed by atoms with Crippen LogP contribution in [-0.2, 0) is 9.84 Å². The Morgan fingerprint density at radius 1 is 1.47 bits per heavy atom. The highest BCUT2D eigenvalue weighted by atomic mass is 32.2. The lowest BCUT2D eigenvalue weighted by Gasteiger charge is -2.02. The van der Waals surface area contributed by atoms with Crippen LogP contribution in [0.15, 0.2) is 17.0 Å². The van der Waals surface area contributed by atoms with E-state index in [1.165, 1.54) is 0 Å². The molecule has 0 aliphatic rings. The summed E-state index contributed by atoms with van der Waals surface area (Å²) in [5.74, 6) is -2.13. The summed E-state index contributed by atoms with van der Waals surface area (Å²) < 4.78 is 34.9. The molecule has 0 aliphatic carbocycles. The van der Waals surface area contributed by atoms with E-state index in [4.69, 9.17) is 5.11 Å². The van der Waals surface area contributed by atoms with Gasteiger partial charge in [0.1, 0.15) is 10.6 Å². The number of nitrogens with zero attached hydrogens (tertiary/aromatic N) is 1. The Bertz CT molecular complexity index is 524. The fourth-order valence-electron chi connectivity index (χ4n) is 0.969. The standard InChI is InChI=1S/C7H6FNO5S/c1-15(13,14)7-3-5(9(11)12)4(8)2-6(7)10/h2-3,10H,1H3. The van der Waals surface area contributed by atoms with E-state index < -0.39 is 36.9 Å². The molecule has 82 valence electrons. The minimum Gasteiger partial charge on any atom is -0.506 e. The predicted octanol–water partition coefficient (Wildman–Crippen LogP) is 0.843. The molecule has 1 aromatic rings. The lowest BCUT2D eigenvalue weighted by molar-refractivity contribution is -0.387. The minimum absolute atomic E-state index is 0.397. The smallest absolute Gasteiger partial charge is 0.306 e. The second-order valence-electron chi connectivity index (χ2n) is 2.80. The summed E-state index contributed by atoms with van der Waals surface area (Å²) in [4.78, 5) is 8.56. The maximum atomic E-state index is 12.9. The molecule has 6 nitrogen and oxygen atoms in total. The summed E-state index contributed by atoms with van der Waals surface area (Å²) >= 11 is 0. The van der Waals surface area contributed by atoms with Gasteiger partial charge in [0.15, 0.2) is 9.84 Å². The monoisotopic (exact) mass is 235 g/mol. The summed E-state index contributed by atoms with van der Waals surface area (Å²) in [6.45, 7) is 0. The number of rotatable bonds is 2. The van der Waals surface area contributed by atoms with Crippen molar-refractivity contribution < 1.29 is 22.8 Å². The first-order valence-electron chi connectivity index (χ1n) is 3.60. The fraction of sp³-hybridized carbons (Fsp3) is 0.143. The van der Waals surface area contributed by atoms with Crippen LogP contribution in [0.25, 0.3) is 0 Å². The zero-order valence-corrected chi connectivity index (χ0v) is 8.28. The number of benzene rings is 1. The second kappa shape index (κ2) is 3.46. The van der Waals surface area contributed by atoms with Crippen LogP contribution >= 0.6 is 0 Å². The Kier molecular flexibility index (Phi) is 2.63. The molecule has 0 amide bonds. The van der Waals surface area contributed by atoms with Gasteiger partial charge in [0, 0.05) is 18.4 Å². The molecule has 1 N–H and O–H groups in total. The van der Waals surface area contributed by atoms with Crippen LogP contribution in [0, 0.1) is 15.9 Å². The summed E-state index contributed by atoms with van der Waals surface area (Å²) in [6.07, 6.45) is 0.754. The zero-order valence-electron chi connectivity index (χ0n) is 7.47. The SMILES string of the molecule is CS(=O)(=O)c1cc([N+](=O)[O-])c(F)cc1O. The third-order valence-electron chi connectivity index (χ3n) is 1.62.